The van der Waals surface area contributed by atoms with E-state index in [9.17, 15) is 4.79 Å². The maximum absolute atomic E-state index is 12.0. The summed E-state index contributed by atoms with van der Waals surface area (Å²) in [6.07, 6.45) is 0. The fraction of sp³-hybridized carbons (Fsp3) is 0.188. The Morgan fingerprint density at radius 3 is 2.53 bits per heavy atom. The van der Waals surface area contributed by atoms with Crippen LogP contribution in [0.5, 0.6) is 0 Å². The minimum Gasteiger partial charge on any atom is -0.398 e. The normalized spacial score (nSPS) is 10.2. The van der Waals surface area contributed by atoms with Crippen LogP contribution in [0.2, 0.25) is 0 Å². The van der Waals surface area contributed by atoms with Crippen LogP contribution in [0.3, 0.4) is 0 Å². The summed E-state index contributed by atoms with van der Waals surface area (Å²) in [5.74, 6) is -0.0775. The average molecular weight is 254 g/mol. The van der Waals surface area contributed by atoms with Crippen molar-refractivity contribution in [1.82, 2.24) is 5.32 Å². The predicted molar refractivity (Wildman–Crippen MR) is 77.9 cm³/mol. The fourth-order valence-corrected chi connectivity index (χ4v) is 1.86. The van der Waals surface area contributed by atoms with Gasteiger partial charge in [-0.05, 0) is 48.7 Å². The number of amides is 1. The highest BCUT2D eigenvalue weighted by molar-refractivity contribution is 5.94. The molecule has 3 N–H and O–H groups in total. The number of nitrogen functional groups attached to an aromatic ring is 1. The van der Waals surface area contributed by atoms with E-state index in [2.05, 4.69) is 5.32 Å². The SMILES string of the molecule is Cc1ccc(C(=O)NCc2ccccc2N)cc1C. The Morgan fingerprint density at radius 1 is 1.11 bits per heavy atom. The van der Waals surface area contributed by atoms with Gasteiger partial charge < -0.3 is 11.1 Å². The zero-order valence-corrected chi connectivity index (χ0v) is 11.2. The van der Waals surface area contributed by atoms with Crippen molar-refractivity contribution in [2.24, 2.45) is 0 Å². The smallest absolute Gasteiger partial charge is 0.251 e. The number of carbonyl (C=O) groups is 1. The van der Waals surface area contributed by atoms with Crippen molar-refractivity contribution in [2.45, 2.75) is 20.4 Å². The summed E-state index contributed by atoms with van der Waals surface area (Å²) in [5.41, 5.74) is 10.4. The molecule has 0 heterocycles. The van der Waals surface area contributed by atoms with E-state index in [1.165, 1.54) is 5.56 Å². The molecule has 0 aromatic heterocycles. The molecule has 0 aliphatic carbocycles. The molecular formula is C16H18N2O. The highest BCUT2D eigenvalue weighted by Crippen LogP contribution is 2.12. The lowest BCUT2D eigenvalue weighted by Crippen LogP contribution is -2.23. The molecule has 0 aliphatic rings. The van der Waals surface area contributed by atoms with Gasteiger partial charge in [0.05, 0.1) is 0 Å². The average Bonchev–Trinajstić information content (AvgIpc) is 2.40. The zero-order chi connectivity index (χ0) is 13.8. The molecule has 98 valence electrons. The summed E-state index contributed by atoms with van der Waals surface area (Å²) in [7, 11) is 0. The van der Waals surface area contributed by atoms with E-state index < -0.39 is 0 Å². The molecule has 0 radical (unpaired) electrons. The molecule has 3 heteroatoms. The summed E-state index contributed by atoms with van der Waals surface area (Å²) in [5, 5.41) is 2.88. The van der Waals surface area contributed by atoms with Gasteiger partial charge in [0, 0.05) is 17.8 Å². The van der Waals surface area contributed by atoms with Gasteiger partial charge in [0.1, 0.15) is 0 Å². The number of hydrogen-bond donors (Lipinski definition) is 2. The van der Waals surface area contributed by atoms with Crippen molar-refractivity contribution in [3.63, 3.8) is 0 Å². The van der Waals surface area contributed by atoms with E-state index in [4.69, 9.17) is 5.73 Å². The van der Waals surface area contributed by atoms with Gasteiger partial charge >= 0.3 is 0 Å². The summed E-state index contributed by atoms with van der Waals surface area (Å²) < 4.78 is 0. The molecule has 0 saturated carbocycles. The number of carbonyl (C=O) groups excluding carboxylic acids is 1. The minimum absolute atomic E-state index is 0.0775. The van der Waals surface area contributed by atoms with Crippen LogP contribution in [0.25, 0.3) is 0 Å². The Morgan fingerprint density at radius 2 is 1.84 bits per heavy atom. The van der Waals surface area contributed by atoms with Gasteiger partial charge in [-0.15, -0.1) is 0 Å². The lowest BCUT2D eigenvalue weighted by atomic mass is 10.1. The Balaban J connectivity index is 2.05. The van der Waals surface area contributed by atoms with Gasteiger partial charge in [0.2, 0.25) is 0 Å². The molecule has 2 rings (SSSR count). The molecule has 0 fully saturated rings. The monoisotopic (exact) mass is 254 g/mol. The Kier molecular flexibility index (Phi) is 3.85. The molecule has 0 aliphatic heterocycles. The lowest BCUT2D eigenvalue weighted by Gasteiger charge is -2.09. The third kappa shape index (κ3) is 3.13. The molecule has 0 bridgehead atoms. The zero-order valence-electron chi connectivity index (χ0n) is 11.2. The van der Waals surface area contributed by atoms with Crippen molar-refractivity contribution < 1.29 is 4.79 Å². The van der Waals surface area contributed by atoms with Crippen molar-refractivity contribution in [2.75, 3.05) is 5.73 Å². The van der Waals surface area contributed by atoms with Crippen LogP contribution in [0.4, 0.5) is 5.69 Å². The van der Waals surface area contributed by atoms with E-state index in [1.807, 2.05) is 56.3 Å². The third-order valence-corrected chi connectivity index (χ3v) is 3.26. The van der Waals surface area contributed by atoms with Crippen LogP contribution in [0.15, 0.2) is 42.5 Å². The van der Waals surface area contributed by atoms with Crippen LogP contribution in [0.1, 0.15) is 27.0 Å². The summed E-state index contributed by atoms with van der Waals surface area (Å²) in [6, 6.07) is 13.2. The van der Waals surface area contributed by atoms with E-state index in [-0.39, 0.29) is 5.91 Å². The summed E-state index contributed by atoms with van der Waals surface area (Å²) in [6.45, 7) is 4.47. The molecule has 3 nitrogen and oxygen atoms in total. The van der Waals surface area contributed by atoms with Gasteiger partial charge in [-0.25, -0.2) is 0 Å². The van der Waals surface area contributed by atoms with Crippen LogP contribution in [-0.4, -0.2) is 5.91 Å². The van der Waals surface area contributed by atoms with Gasteiger partial charge in [0.15, 0.2) is 0 Å². The molecule has 2 aromatic rings. The maximum atomic E-state index is 12.0. The fourth-order valence-electron chi connectivity index (χ4n) is 1.86. The Bertz CT molecular complexity index is 605. The van der Waals surface area contributed by atoms with Gasteiger partial charge in [-0.2, -0.15) is 0 Å². The van der Waals surface area contributed by atoms with E-state index in [0.29, 0.717) is 17.8 Å². The van der Waals surface area contributed by atoms with Crippen LogP contribution in [-0.2, 0) is 6.54 Å². The van der Waals surface area contributed by atoms with Crippen molar-refractivity contribution in [3.8, 4) is 0 Å². The number of para-hydroxylation sites is 1. The molecule has 2 aromatic carbocycles. The summed E-state index contributed by atoms with van der Waals surface area (Å²) >= 11 is 0. The standard InChI is InChI=1S/C16H18N2O/c1-11-7-8-13(9-12(11)2)16(19)18-10-14-5-3-4-6-15(14)17/h3-9H,10,17H2,1-2H3,(H,18,19). The number of anilines is 1. The van der Waals surface area contributed by atoms with Gasteiger partial charge in [-0.1, -0.05) is 24.3 Å². The second-order valence-corrected chi connectivity index (χ2v) is 4.68. The topological polar surface area (TPSA) is 55.1 Å². The van der Waals surface area contributed by atoms with Crippen LogP contribution in [0, 0.1) is 13.8 Å². The maximum Gasteiger partial charge on any atom is 0.251 e. The van der Waals surface area contributed by atoms with Crippen molar-refractivity contribution >= 4 is 11.6 Å². The quantitative estimate of drug-likeness (QED) is 0.827. The molecule has 0 spiro atoms. The van der Waals surface area contributed by atoms with Crippen LogP contribution >= 0.6 is 0 Å². The Labute approximate surface area is 113 Å². The molecule has 19 heavy (non-hydrogen) atoms. The minimum atomic E-state index is -0.0775. The number of rotatable bonds is 3. The second kappa shape index (κ2) is 5.57. The molecule has 0 saturated heterocycles. The summed E-state index contributed by atoms with van der Waals surface area (Å²) in [4.78, 5) is 12.0. The predicted octanol–water partition coefficient (Wildman–Crippen LogP) is 2.82. The number of benzene rings is 2. The second-order valence-electron chi connectivity index (χ2n) is 4.68. The van der Waals surface area contributed by atoms with Crippen molar-refractivity contribution in [1.29, 1.82) is 0 Å². The Hall–Kier alpha value is -2.29. The number of hydrogen-bond acceptors (Lipinski definition) is 2. The first-order chi connectivity index (χ1) is 9.08. The highest BCUT2D eigenvalue weighted by atomic mass is 16.1. The first-order valence-electron chi connectivity index (χ1n) is 6.27. The first kappa shape index (κ1) is 13.1. The molecule has 0 atom stereocenters. The number of nitrogens with two attached hydrogens (primary N) is 1. The van der Waals surface area contributed by atoms with Crippen LogP contribution < -0.4 is 11.1 Å². The lowest BCUT2D eigenvalue weighted by molar-refractivity contribution is 0.0951. The van der Waals surface area contributed by atoms with Crippen molar-refractivity contribution in [3.05, 3.63) is 64.7 Å². The van der Waals surface area contributed by atoms with Gasteiger partial charge in [-0.3, -0.25) is 4.79 Å². The first-order valence-corrected chi connectivity index (χ1v) is 6.27. The van der Waals surface area contributed by atoms with Gasteiger partial charge in [0.25, 0.3) is 5.91 Å². The van der Waals surface area contributed by atoms with E-state index >= 15 is 0 Å². The third-order valence-electron chi connectivity index (χ3n) is 3.26. The van der Waals surface area contributed by atoms with E-state index in [1.54, 1.807) is 0 Å². The van der Waals surface area contributed by atoms with E-state index in [0.717, 1.165) is 11.1 Å². The molecular weight excluding hydrogens is 236 g/mol. The number of nitrogens with one attached hydrogen (secondary N) is 1. The highest BCUT2D eigenvalue weighted by Gasteiger charge is 2.07. The number of aryl methyl sites for hydroxylation is 2. The molecule has 1 amide bonds. The largest absolute Gasteiger partial charge is 0.398 e. The molecule has 0 unspecified atom stereocenters.